The third-order valence-electron chi connectivity index (χ3n) is 19.5. The van der Waals surface area contributed by atoms with Gasteiger partial charge < -0.3 is 33.8 Å². The zero-order valence-electron chi connectivity index (χ0n) is 66.8. The summed E-state index contributed by atoms with van der Waals surface area (Å²) < 4.78 is 68.8. The maximum atomic E-state index is 13.1. The van der Waals surface area contributed by atoms with E-state index in [1.807, 2.05) is 0 Å². The lowest BCUT2D eigenvalue weighted by atomic mass is 10.0. The second-order valence-corrected chi connectivity index (χ2v) is 33.3. The number of ether oxygens (including phenoxy) is 4. The van der Waals surface area contributed by atoms with Crippen LogP contribution in [0.4, 0.5) is 0 Å². The van der Waals surface area contributed by atoms with E-state index in [2.05, 4.69) is 34.6 Å². The maximum absolute atomic E-state index is 13.1. The summed E-state index contributed by atoms with van der Waals surface area (Å²) in [6, 6.07) is 0. The highest BCUT2D eigenvalue weighted by Gasteiger charge is 2.30. The zero-order valence-corrected chi connectivity index (χ0v) is 68.5. The highest BCUT2D eigenvalue weighted by molar-refractivity contribution is 7.47. The molecule has 0 aliphatic carbocycles. The lowest BCUT2D eigenvalue weighted by Crippen LogP contribution is -2.30. The summed E-state index contributed by atoms with van der Waals surface area (Å²) in [4.78, 5) is 73.1. The Balaban J connectivity index is 5.21. The van der Waals surface area contributed by atoms with Crippen molar-refractivity contribution in [1.82, 2.24) is 0 Å². The first-order valence-electron chi connectivity index (χ1n) is 43.1. The molecule has 0 aromatic rings. The Kier molecular flexibility index (Phi) is 74.4. The molecule has 0 rings (SSSR count). The fraction of sp³-hybridized carbons (Fsp3) is 0.952. The second-order valence-electron chi connectivity index (χ2n) is 30.3. The summed E-state index contributed by atoms with van der Waals surface area (Å²) in [5.74, 6) is -1.30. The van der Waals surface area contributed by atoms with Crippen LogP contribution in [-0.4, -0.2) is 96.7 Å². The molecule has 0 fully saturated rings. The first-order chi connectivity index (χ1) is 49.5. The predicted molar refractivity (Wildman–Crippen MR) is 418 cm³/mol. The molecule has 0 spiro atoms. The van der Waals surface area contributed by atoms with Gasteiger partial charge in [0.25, 0.3) is 0 Å². The molecule has 0 saturated carbocycles. The Morgan fingerprint density at radius 1 is 0.265 bits per heavy atom. The van der Waals surface area contributed by atoms with E-state index in [1.165, 1.54) is 270 Å². The Morgan fingerprint density at radius 3 is 0.667 bits per heavy atom. The van der Waals surface area contributed by atoms with Crippen molar-refractivity contribution in [3.05, 3.63) is 0 Å². The van der Waals surface area contributed by atoms with Crippen molar-refractivity contribution in [3.63, 3.8) is 0 Å². The monoisotopic (exact) mass is 1490 g/mol. The SMILES string of the molecule is CCCCCCCCCCCCCCCCCCCCCCC(=O)O[C@H](COC(=O)CCCCCCCCCCCCCCCCCC(C)C)COP(=O)(O)OC[C@@H](O)COP(=O)(O)OC[C@@H](COC(=O)CCCCCCCCCCC)OC(=O)CCCCCCCCCCCCCCCCC. The van der Waals surface area contributed by atoms with Gasteiger partial charge in [-0.3, -0.25) is 37.3 Å². The molecule has 0 aromatic carbocycles. The molecule has 0 aromatic heterocycles. The molecule has 0 heterocycles. The van der Waals surface area contributed by atoms with Gasteiger partial charge in [-0.1, -0.05) is 394 Å². The van der Waals surface area contributed by atoms with E-state index in [0.717, 1.165) is 95.8 Å². The van der Waals surface area contributed by atoms with Crippen molar-refractivity contribution in [2.45, 2.75) is 464 Å². The van der Waals surface area contributed by atoms with Crippen LogP contribution in [0.2, 0.25) is 0 Å². The molecule has 0 aliphatic rings. The lowest BCUT2D eigenvalue weighted by molar-refractivity contribution is -0.161. The van der Waals surface area contributed by atoms with E-state index < -0.39 is 97.5 Å². The van der Waals surface area contributed by atoms with Gasteiger partial charge in [-0.15, -0.1) is 0 Å². The molecule has 0 bridgehead atoms. The molecule has 0 saturated heterocycles. The van der Waals surface area contributed by atoms with E-state index in [0.29, 0.717) is 25.7 Å². The van der Waals surface area contributed by atoms with Crippen molar-refractivity contribution in [2.75, 3.05) is 39.6 Å². The fourth-order valence-corrected chi connectivity index (χ4v) is 14.5. The van der Waals surface area contributed by atoms with Crippen LogP contribution in [0.15, 0.2) is 0 Å². The maximum Gasteiger partial charge on any atom is 0.472 e. The summed E-state index contributed by atoms with van der Waals surface area (Å²) in [5, 5.41) is 10.6. The minimum atomic E-state index is -4.96. The highest BCUT2D eigenvalue weighted by Crippen LogP contribution is 2.45. The Morgan fingerprint density at radius 2 is 0.451 bits per heavy atom. The number of aliphatic hydroxyl groups is 1. The van der Waals surface area contributed by atoms with E-state index in [1.54, 1.807) is 0 Å². The molecule has 19 heteroatoms. The lowest BCUT2D eigenvalue weighted by Gasteiger charge is -2.21. The van der Waals surface area contributed by atoms with Crippen molar-refractivity contribution >= 4 is 39.5 Å². The quantitative estimate of drug-likeness (QED) is 0.0222. The fourth-order valence-electron chi connectivity index (χ4n) is 12.9. The average Bonchev–Trinajstić information content (AvgIpc) is 0.913. The van der Waals surface area contributed by atoms with Gasteiger partial charge in [0.2, 0.25) is 0 Å². The van der Waals surface area contributed by atoms with Gasteiger partial charge in [-0.25, -0.2) is 9.13 Å². The number of esters is 4. The Hall–Kier alpha value is -1.94. The van der Waals surface area contributed by atoms with Crippen molar-refractivity contribution in [2.24, 2.45) is 5.92 Å². The molecule has 0 aliphatic heterocycles. The van der Waals surface area contributed by atoms with Crippen LogP contribution in [0, 0.1) is 5.92 Å². The number of aliphatic hydroxyl groups excluding tert-OH is 1. The topological polar surface area (TPSA) is 237 Å². The van der Waals surface area contributed by atoms with Gasteiger partial charge in [-0.2, -0.15) is 0 Å². The number of unbranched alkanes of at least 4 members (excludes halogenated alkanes) is 55. The molecule has 102 heavy (non-hydrogen) atoms. The van der Waals surface area contributed by atoms with Crippen LogP contribution in [0.3, 0.4) is 0 Å². The number of carbonyl (C=O) groups is 4. The number of carbonyl (C=O) groups excluding carboxylic acids is 4. The number of hydrogen-bond donors (Lipinski definition) is 3. The molecule has 5 atom stereocenters. The first kappa shape index (κ1) is 100. The third kappa shape index (κ3) is 76.3. The van der Waals surface area contributed by atoms with E-state index in [4.69, 9.17) is 37.0 Å². The number of hydrogen-bond acceptors (Lipinski definition) is 15. The zero-order chi connectivity index (χ0) is 74.8. The summed E-state index contributed by atoms with van der Waals surface area (Å²) in [5.41, 5.74) is 0. The van der Waals surface area contributed by atoms with Crippen LogP contribution in [0.1, 0.15) is 446 Å². The van der Waals surface area contributed by atoms with Crippen LogP contribution in [0.5, 0.6) is 0 Å². The normalized spacial score (nSPS) is 13.8. The summed E-state index contributed by atoms with van der Waals surface area (Å²) in [6.45, 7) is 7.36. The molecular formula is C83H162O17P2. The van der Waals surface area contributed by atoms with Crippen LogP contribution >= 0.6 is 15.6 Å². The molecule has 0 amide bonds. The summed E-state index contributed by atoms with van der Waals surface area (Å²) in [6.07, 6.45) is 68.0. The second kappa shape index (κ2) is 75.9. The van der Waals surface area contributed by atoms with Crippen LogP contribution in [-0.2, 0) is 65.4 Å². The van der Waals surface area contributed by atoms with Gasteiger partial charge in [-0.05, 0) is 31.6 Å². The number of phosphoric acid groups is 2. The van der Waals surface area contributed by atoms with Gasteiger partial charge in [0.05, 0.1) is 26.4 Å². The van der Waals surface area contributed by atoms with E-state index >= 15 is 0 Å². The molecular weight excluding hydrogens is 1330 g/mol. The molecule has 2 unspecified atom stereocenters. The van der Waals surface area contributed by atoms with Gasteiger partial charge in [0.15, 0.2) is 12.2 Å². The summed E-state index contributed by atoms with van der Waals surface area (Å²) in [7, 11) is -9.92. The molecule has 3 N–H and O–H groups in total. The van der Waals surface area contributed by atoms with E-state index in [-0.39, 0.29) is 25.7 Å². The highest BCUT2D eigenvalue weighted by atomic mass is 31.2. The third-order valence-corrected chi connectivity index (χ3v) is 21.4. The van der Waals surface area contributed by atoms with Crippen molar-refractivity contribution in [1.29, 1.82) is 0 Å². The first-order valence-corrected chi connectivity index (χ1v) is 46.1. The molecule has 0 radical (unpaired) electrons. The summed E-state index contributed by atoms with van der Waals surface area (Å²) >= 11 is 0. The van der Waals surface area contributed by atoms with Gasteiger partial charge in [0, 0.05) is 25.7 Å². The molecule has 17 nitrogen and oxygen atoms in total. The minimum Gasteiger partial charge on any atom is -0.462 e. The Labute approximate surface area is 626 Å². The molecule has 606 valence electrons. The predicted octanol–water partition coefficient (Wildman–Crippen LogP) is 25.2. The van der Waals surface area contributed by atoms with E-state index in [9.17, 15) is 43.2 Å². The number of phosphoric ester groups is 2. The standard InChI is InChI=1S/C83H162O17P2/c1-6-9-12-15-18-21-23-25-27-28-29-30-31-35-40-44-49-54-59-64-69-83(88)100-79(73-94-81(86)67-62-57-52-47-42-38-36-32-34-37-41-46-50-55-60-65-76(4)5)75-98-102(91,92)96-71-77(84)70-95-101(89,90)97-74-78(72-93-80(85)66-61-56-51-45-20-17-14-11-8-3)99-82(87)68-63-58-53-48-43-39-33-26-24-22-19-16-13-10-7-2/h76-79,84H,6-75H2,1-5H3,(H,89,90)(H,91,92)/t77-,78+,79+/m0/s1. The van der Waals surface area contributed by atoms with Gasteiger partial charge >= 0.3 is 39.5 Å². The van der Waals surface area contributed by atoms with Crippen molar-refractivity contribution in [3.8, 4) is 0 Å². The smallest absolute Gasteiger partial charge is 0.462 e. The minimum absolute atomic E-state index is 0.109. The largest absolute Gasteiger partial charge is 0.472 e. The van der Waals surface area contributed by atoms with Gasteiger partial charge in [0.1, 0.15) is 19.3 Å². The van der Waals surface area contributed by atoms with Crippen molar-refractivity contribution < 1.29 is 80.2 Å². The van der Waals surface area contributed by atoms with Crippen LogP contribution < -0.4 is 0 Å². The van der Waals surface area contributed by atoms with Crippen LogP contribution in [0.25, 0.3) is 0 Å². The number of rotatable bonds is 83. The average molecular weight is 1490 g/mol. The Bertz CT molecular complexity index is 1940.